The quantitative estimate of drug-likeness (QED) is 0.664. The smallest absolute Gasteiger partial charge is 0.0249 e. The summed E-state index contributed by atoms with van der Waals surface area (Å²) in [5.41, 5.74) is 0.221. The minimum atomic E-state index is 0.221. The molecule has 0 saturated carbocycles. The minimum Gasteiger partial charge on any atom is -0.314 e. The summed E-state index contributed by atoms with van der Waals surface area (Å²) in [6.45, 7) is 9.94. The molecule has 0 bridgehead atoms. The van der Waals surface area contributed by atoms with Gasteiger partial charge < -0.3 is 10.2 Å². The van der Waals surface area contributed by atoms with Crippen molar-refractivity contribution >= 4 is 0 Å². The van der Waals surface area contributed by atoms with Gasteiger partial charge in [0.15, 0.2) is 0 Å². The Morgan fingerprint density at radius 2 is 1.82 bits per heavy atom. The van der Waals surface area contributed by atoms with Crippen LogP contribution in [0.5, 0.6) is 0 Å². The average molecular weight is 158 g/mol. The summed E-state index contributed by atoms with van der Waals surface area (Å²) in [5.74, 6) is 0. The summed E-state index contributed by atoms with van der Waals surface area (Å²) in [7, 11) is 4.16. The largest absolute Gasteiger partial charge is 0.314 e. The molecule has 68 valence electrons. The monoisotopic (exact) mass is 158 g/mol. The fourth-order valence-electron chi connectivity index (χ4n) is 0.885. The molecule has 2 heteroatoms. The Balaban J connectivity index is 3.83. The number of rotatable bonds is 4. The van der Waals surface area contributed by atoms with Gasteiger partial charge in [0.25, 0.3) is 0 Å². The number of nitrogens with one attached hydrogen (secondary N) is 1. The van der Waals surface area contributed by atoms with E-state index in [9.17, 15) is 0 Å². The zero-order chi connectivity index (χ0) is 9.07. The lowest BCUT2D eigenvalue weighted by atomic mass is 10.1. The highest BCUT2D eigenvalue weighted by Gasteiger charge is 2.18. The molecule has 11 heavy (non-hydrogen) atoms. The number of nitrogens with zero attached hydrogens (tertiary/aromatic N) is 1. The van der Waals surface area contributed by atoms with E-state index < -0.39 is 0 Å². The maximum atomic E-state index is 3.29. The highest BCUT2D eigenvalue weighted by Crippen LogP contribution is 2.05. The van der Waals surface area contributed by atoms with E-state index in [1.807, 2.05) is 7.05 Å². The molecule has 0 saturated heterocycles. The Labute approximate surface area is 71.0 Å². The van der Waals surface area contributed by atoms with E-state index >= 15 is 0 Å². The number of hydrogen-bond acceptors (Lipinski definition) is 2. The average Bonchev–Trinajstić information content (AvgIpc) is 1.87. The topological polar surface area (TPSA) is 15.3 Å². The van der Waals surface area contributed by atoms with Crippen LogP contribution in [0.3, 0.4) is 0 Å². The molecule has 0 aliphatic rings. The van der Waals surface area contributed by atoms with Crippen molar-refractivity contribution < 1.29 is 0 Å². The minimum absolute atomic E-state index is 0.221. The van der Waals surface area contributed by atoms with Crippen LogP contribution in [0.2, 0.25) is 0 Å². The van der Waals surface area contributed by atoms with Gasteiger partial charge in [0.1, 0.15) is 0 Å². The van der Waals surface area contributed by atoms with Gasteiger partial charge in [-0.05, 0) is 41.8 Å². The van der Waals surface area contributed by atoms with Crippen LogP contribution in [-0.2, 0) is 0 Å². The Morgan fingerprint density at radius 3 is 2.09 bits per heavy atom. The lowest BCUT2D eigenvalue weighted by molar-refractivity contribution is 0.206. The van der Waals surface area contributed by atoms with Gasteiger partial charge in [0.05, 0.1) is 0 Å². The molecule has 0 rings (SSSR count). The van der Waals surface area contributed by atoms with Crippen LogP contribution >= 0.6 is 0 Å². The molecule has 0 fully saturated rings. The van der Waals surface area contributed by atoms with Crippen molar-refractivity contribution in [2.24, 2.45) is 0 Å². The van der Waals surface area contributed by atoms with Crippen molar-refractivity contribution in [1.82, 2.24) is 10.2 Å². The van der Waals surface area contributed by atoms with Crippen LogP contribution < -0.4 is 5.32 Å². The van der Waals surface area contributed by atoms with Gasteiger partial charge in [-0.3, -0.25) is 0 Å². The molecule has 2 nitrogen and oxygen atoms in total. The van der Waals surface area contributed by atoms with Gasteiger partial charge in [0.2, 0.25) is 0 Å². The van der Waals surface area contributed by atoms with Gasteiger partial charge in [-0.25, -0.2) is 0 Å². The molecular weight excluding hydrogens is 136 g/mol. The first-order valence-electron chi connectivity index (χ1n) is 4.28. The number of hydrogen-bond donors (Lipinski definition) is 1. The fourth-order valence-corrected chi connectivity index (χ4v) is 0.885. The van der Waals surface area contributed by atoms with Crippen molar-refractivity contribution in [3.05, 3.63) is 0 Å². The zero-order valence-electron chi connectivity index (χ0n) is 8.73. The van der Waals surface area contributed by atoms with E-state index in [1.165, 1.54) is 0 Å². The first-order chi connectivity index (χ1) is 4.89. The lowest BCUT2D eigenvalue weighted by Crippen LogP contribution is -2.48. The maximum Gasteiger partial charge on any atom is 0.0249 e. The summed E-state index contributed by atoms with van der Waals surface area (Å²) < 4.78 is 0. The van der Waals surface area contributed by atoms with Crippen LogP contribution in [-0.4, -0.2) is 37.1 Å². The SMILES string of the molecule is CNC(C)(C)CN(C)C(C)C. The molecule has 1 N–H and O–H groups in total. The molecule has 0 amide bonds. The third-order valence-corrected chi connectivity index (χ3v) is 2.20. The Kier molecular flexibility index (Phi) is 4.04. The summed E-state index contributed by atoms with van der Waals surface area (Å²) in [6.07, 6.45) is 0. The second kappa shape index (κ2) is 4.07. The van der Waals surface area contributed by atoms with Gasteiger partial charge in [-0.15, -0.1) is 0 Å². The van der Waals surface area contributed by atoms with Gasteiger partial charge in [-0.1, -0.05) is 0 Å². The summed E-state index contributed by atoms with van der Waals surface area (Å²) in [6, 6.07) is 0.627. The van der Waals surface area contributed by atoms with Crippen molar-refractivity contribution in [3.63, 3.8) is 0 Å². The van der Waals surface area contributed by atoms with Crippen LogP contribution in [0.4, 0.5) is 0 Å². The second-order valence-electron chi connectivity index (χ2n) is 4.14. The standard InChI is InChI=1S/C9H22N2/c1-8(2)11(6)7-9(3,4)10-5/h8,10H,7H2,1-6H3. The molecule has 0 aliphatic carbocycles. The van der Waals surface area contributed by atoms with Crippen molar-refractivity contribution in [2.75, 3.05) is 20.6 Å². The molecule has 0 aromatic carbocycles. The molecule has 0 heterocycles. The molecule has 0 aromatic rings. The molecular formula is C9H22N2. The van der Waals surface area contributed by atoms with Crippen LogP contribution in [0.1, 0.15) is 27.7 Å². The zero-order valence-corrected chi connectivity index (χ0v) is 8.73. The molecule has 0 radical (unpaired) electrons. The third kappa shape index (κ3) is 4.38. The van der Waals surface area contributed by atoms with Crippen molar-refractivity contribution in [1.29, 1.82) is 0 Å². The first kappa shape index (κ1) is 10.9. The van der Waals surface area contributed by atoms with Crippen molar-refractivity contribution in [3.8, 4) is 0 Å². The van der Waals surface area contributed by atoms with E-state index in [4.69, 9.17) is 0 Å². The molecule has 0 atom stereocenters. The second-order valence-corrected chi connectivity index (χ2v) is 4.14. The summed E-state index contributed by atoms with van der Waals surface area (Å²) >= 11 is 0. The summed E-state index contributed by atoms with van der Waals surface area (Å²) in [5, 5.41) is 3.29. The first-order valence-corrected chi connectivity index (χ1v) is 4.28. The van der Waals surface area contributed by atoms with Crippen LogP contribution in [0.25, 0.3) is 0 Å². The van der Waals surface area contributed by atoms with Crippen LogP contribution in [0.15, 0.2) is 0 Å². The van der Waals surface area contributed by atoms with E-state index in [1.54, 1.807) is 0 Å². The van der Waals surface area contributed by atoms with E-state index in [-0.39, 0.29) is 5.54 Å². The van der Waals surface area contributed by atoms with Gasteiger partial charge in [-0.2, -0.15) is 0 Å². The Bertz CT molecular complexity index is 108. The molecule has 0 aromatic heterocycles. The predicted molar refractivity (Wildman–Crippen MR) is 50.9 cm³/mol. The molecule has 0 aliphatic heterocycles. The predicted octanol–water partition coefficient (Wildman–Crippen LogP) is 1.32. The summed E-state index contributed by atoms with van der Waals surface area (Å²) in [4.78, 5) is 2.34. The fraction of sp³-hybridized carbons (Fsp3) is 1.00. The number of likely N-dealkylation sites (N-methyl/N-ethyl adjacent to an activating group) is 2. The van der Waals surface area contributed by atoms with Crippen molar-refractivity contribution in [2.45, 2.75) is 39.3 Å². The van der Waals surface area contributed by atoms with E-state index in [0.29, 0.717) is 6.04 Å². The highest BCUT2D eigenvalue weighted by molar-refractivity contribution is 4.79. The maximum absolute atomic E-state index is 3.29. The Morgan fingerprint density at radius 1 is 1.36 bits per heavy atom. The normalized spacial score (nSPS) is 13.1. The molecule has 0 spiro atoms. The van der Waals surface area contributed by atoms with E-state index in [2.05, 4.69) is 45.0 Å². The van der Waals surface area contributed by atoms with Crippen LogP contribution in [0, 0.1) is 0 Å². The third-order valence-electron chi connectivity index (χ3n) is 2.20. The lowest BCUT2D eigenvalue weighted by Gasteiger charge is -2.32. The van der Waals surface area contributed by atoms with Gasteiger partial charge in [0, 0.05) is 18.1 Å². The highest BCUT2D eigenvalue weighted by atomic mass is 15.2. The van der Waals surface area contributed by atoms with E-state index in [0.717, 1.165) is 6.54 Å². The molecule has 0 unspecified atom stereocenters. The Hall–Kier alpha value is -0.0800. The van der Waals surface area contributed by atoms with Gasteiger partial charge >= 0.3 is 0 Å².